The lowest BCUT2D eigenvalue weighted by Crippen LogP contribution is -2.35. The number of aromatic nitrogens is 2. The van der Waals surface area contributed by atoms with Gasteiger partial charge in [-0.3, -0.25) is 4.84 Å². The third-order valence-corrected chi connectivity index (χ3v) is 4.04. The van der Waals surface area contributed by atoms with Gasteiger partial charge in [0.1, 0.15) is 5.82 Å². The number of rotatable bonds is 3. The first-order valence-electron chi connectivity index (χ1n) is 5.34. The molecule has 90 valence electrons. The normalized spacial score (nSPS) is 18.8. The van der Waals surface area contributed by atoms with Gasteiger partial charge in [-0.2, -0.15) is 0 Å². The van der Waals surface area contributed by atoms with Gasteiger partial charge in [-0.25, -0.2) is 13.4 Å². The van der Waals surface area contributed by atoms with Crippen LogP contribution < -0.4 is 0 Å². The van der Waals surface area contributed by atoms with Crippen LogP contribution in [0, 0.1) is 0 Å². The Hall–Kier alpha value is -0.920. The zero-order valence-electron chi connectivity index (χ0n) is 9.14. The molecule has 0 spiro atoms. The van der Waals surface area contributed by atoms with E-state index in [-0.39, 0.29) is 5.03 Å². The van der Waals surface area contributed by atoms with Crippen LogP contribution in [0.15, 0.2) is 11.2 Å². The van der Waals surface area contributed by atoms with E-state index in [1.807, 2.05) is 6.92 Å². The van der Waals surface area contributed by atoms with Crippen LogP contribution in [0.2, 0.25) is 0 Å². The maximum absolute atomic E-state index is 12.0. The largest absolute Gasteiger partial charge is 0.332 e. The number of sulfonamides is 1. The molecule has 0 radical (unpaired) electrons. The molecule has 1 N–H and O–H groups in total. The topological polar surface area (TPSA) is 75.3 Å². The summed E-state index contributed by atoms with van der Waals surface area (Å²) in [6, 6.07) is 0. The van der Waals surface area contributed by atoms with Crippen molar-refractivity contribution < 1.29 is 13.3 Å². The van der Waals surface area contributed by atoms with Gasteiger partial charge in [0.25, 0.3) is 10.0 Å². The fourth-order valence-corrected chi connectivity index (χ4v) is 2.76. The average Bonchev–Trinajstić information content (AvgIpc) is 2.79. The summed E-state index contributed by atoms with van der Waals surface area (Å²) >= 11 is 0. The van der Waals surface area contributed by atoms with Gasteiger partial charge in [0, 0.05) is 13.0 Å². The molecule has 0 unspecified atom stereocenters. The predicted molar refractivity (Wildman–Crippen MR) is 57.0 cm³/mol. The highest BCUT2D eigenvalue weighted by atomic mass is 32.2. The number of hydrogen-bond acceptors (Lipinski definition) is 4. The number of nitrogens with zero attached hydrogens (tertiary/aromatic N) is 2. The molecule has 0 bridgehead atoms. The zero-order chi connectivity index (χ0) is 11.6. The number of aryl methyl sites for hydroxylation is 1. The summed E-state index contributed by atoms with van der Waals surface area (Å²) < 4.78 is 25.1. The van der Waals surface area contributed by atoms with Crippen LogP contribution >= 0.6 is 0 Å². The summed E-state index contributed by atoms with van der Waals surface area (Å²) in [7, 11) is -3.56. The van der Waals surface area contributed by atoms with Gasteiger partial charge in [0.15, 0.2) is 5.03 Å². The number of hydrogen-bond donors (Lipinski definition) is 1. The first-order valence-corrected chi connectivity index (χ1v) is 6.78. The van der Waals surface area contributed by atoms with Gasteiger partial charge in [0.05, 0.1) is 12.8 Å². The maximum Gasteiger partial charge on any atom is 0.282 e. The molecule has 7 heteroatoms. The van der Waals surface area contributed by atoms with Crippen LogP contribution in [0.4, 0.5) is 0 Å². The third-order valence-electron chi connectivity index (χ3n) is 2.46. The Labute approximate surface area is 94.6 Å². The van der Waals surface area contributed by atoms with Crippen molar-refractivity contribution in [3.8, 4) is 0 Å². The smallest absolute Gasteiger partial charge is 0.282 e. The molecule has 2 heterocycles. The molecule has 2 rings (SSSR count). The molecule has 1 aromatic heterocycles. The Bertz CT molecular complexity index is 448. The van der Waals surface area contributed by atoms with Crippen molar-refractivity contribution in [2.24, 2.45) is 0 Å². The summed E-state index contributed by atoms with van der Waals surface area (Å²) in [6.07, 6.45) is 3.74. The second kappa shape index (κ2) is 4.52. The van der Waals surface area contributed by atoms with Crippen molar-refractivity contribution in [3.63, 3.8) is 0 Å². The minimum absolute atomic E-state index is 0.103. The number of imidazole rings is 1. The first-order chi connectivity index (χ1) is 7.64. The lowest BCUT2D eigenvalue weighted by Gasteiger charge is -2.24. The number of nitrogens with one attached hydrogen (secondary N) is 1. The molecule has 0 saturated carbocycles. The zero-order valence-corrected chi connectivity index (χ0v) is 9.96. The highest BCUT2D eigenvalue weighted by Crippen LogP contribution is 2.17. The second-order valence-corrected chi connectivity index (χ2v) is 5.42. The van der Waals surface area contributed by atoms with E-state index < -0.39 is 10.0 Å². The number of hydroxylamine groups is 1. The van der Waals surface area contributed by atoms with E-state index in [1.54, 1.807) is 0 Å². The molecule has 16 heavy (non-hydrogen) atoms. The van der Waals surface area contributed by atoms with Crippen LogP contribution in [0.25, 0.3) is 0 Å². The first kappa shape index (κ1) is 11.6. The van der Waals surface area contributed by atoms with Gasteiger partial charge in [-0.05, 0) is 12.8 Å². The van der Waals surface area contributed by atoms with Crippen molar-refractivity contribution in [2.75, 3.05) is 13.2 Å². The average molecular weight is 245 g/mol. The molecule has 1 aliphatic rings. The summed E-state index contributed by atoms with van der Waals surface area (Å²) in [4.78, 5) is 11.9. The molecule has 0 amide bonds. The summed E-state index contributed by atoms with van der Waals surface area (Å²) in [5, 5.41) is 0.103. The van der Waals surface area contributed by atoms with Crippen molar-refractivity contribution in [3.05, 3.63) is 12.0 Å². The van der Waals surface area contributed by atoms with Gasteiger partial charge >= 0.3 is 0 Å². The lowest BCUT2D eigenvalue weighted by molar-refractivity contribution is -0.109. The molecular weight excluding hydrogens is 230 g/mol. The molecule has 1 saturated heterocycles. The highest BCUT2D eigenvalue weighted by molar-refractivity contribution is 7.88. The molecule has 1 aliphatic heterocycles. The SMILES string of the molecule is CCc1ncc(S(=O)(=O)N2CCCCO2)[nH]1. The number of H-pyrrole nitrogens is 1. The van der Waals surface area contributed by atoms with Gasteiger partial charge < -0.3 is 4.98 Å². The fraction of sp³-hybridized carbons (Fsp3) is 0.667. The summed E-state index contributed by atoms with van der Waals surface area (Å²) in [6.45, 7) is 2.77. The van der Waals surface area contributed by atoms with E-state index >= 15 is 0 Å². The molecule has 6 nitrogen and oxygen atoms in total. The van der Waals surface area contributed by atoms with Crippen molar-refractivity contribution in [1.29, 1.82) is 0 Å². The Balaban J connectivity index is 2.23. The summed E-state index contributed by atoms with van der Waals surface area (Å²) in [5.41, 5.74) is 0. The highest BCUT2D eigenvalue weighted by Gasteiger charge is 2.28. The maximum atomic E-state index is 12.0. The molecule has 1 aromatic rings. The molecule has 0 atom stereocenters. The van der Waals surface area contributed by atoms with Gasteiger partial charge in [-0.1, -0.05) is 11.4 Å². The minimum Gasteiger partial charge on any atom is -0.332 e. The standard InChI is InChI=1S/C9H15N3O3S/c1-2-8-10-7-9(11-8)16(13,14)12-5-3-4-6-15-12/h7H,2-6H2,1H3,(H,10,11). The van der Waals surface area contributed by atoms with Crippen molar-refractivity contribution in [1.82, 2.24) is 14.4 Å². The lowest BCUT2D eigenvalue weighted by atomic mass is 10.3. The van der Waals surface area contributed by atoms with Crippen molar-refractivity contribution in [2.45, 2.75) is 31.2 Å². The van der Waals surface area contributed by atoms with Crippen LogP contribution in [-0.2, 0) is 21.3 Å². The Morgan fingerprint density at radius 3 is 2.94 bits per heavy atom. The van der Waals surface area contributed by atoms with E-state index in [4.69, 9.17) is 4.84 Å². The van der Waals surface area contributed by atoms with E-state index in [1.165, 1.54) is 6.20 Å². The van der Waals surface area contributed by atoms with Crippen LogP contribution in [0.5, 0.6) is 0 Å². The number of aromatic amines is 1. The van der Waals surface area contributed by atoms with E-state index in [0.29, 0.717) is 25.4 Å². The minimum atomic E-state index is -3.56. The third kappa shape index (κ3) is 2.11. The van der Waals surface area contributed by atoms with Gasteiger partial charge in [-0.15, -0.1) is 0 Å². The Morgan fingerprint density at radius 2 is 2.38 bits per heavy atom. The van der Waals surface area contributed by atoms with Crippen LogP contribution in [0.1, 0.15) is 25.6 Å². The fourth-order valence-electron chi connectivity index (χ4n) is 1.53. The molecular formula is C9H15N3O3S. The van der Waals surface area contributed by atoms with Gasteiger partial charge in [0.2, 0.25) is 0 Å². The van der Waals surface area contributed by atoms with Crippen LogP contribution in [0.3, 0.4) is 0 Å². The quantitative estimate of drug-likeness (QED) is 0.850. The Morgan fingerprint density at radius 1 is 1.56 bits per heavy atom. The summed E-state index contributed by atoms with van der Waals surface area (Å²) in [5.74, 6) is 0.663. The van der Waals surface area contributed by atoms with E-state index in [0.717, 1.165) is 17.3 Å². The van der Waals surface area contributed by atoms with Crippen molar-refractivity contribution >= 4 is 10.0 Å². The molecule has 0 aliphatic carbocycles. The molecule has 0 aromatic carbocycles. The monoisotopic (exact) mass is 245 g/mol. The second-order valence-electron chi connectivity index (χ2n) is 3.62. The molecule has 1 fully saturated rings. The van der Waals surface area contributed by atoms with E-state index in [9.17, 15) is 8.42 Å². The Kier molecular flexibility index (Phi) is 3.27. The van der Waals surface area contributed by atoms with Crippen LogP contribution in [-0.4, -0.2) is 36.0 Å². The predicted octanol–water partition coefficient (Wildman–Crippen LogP) is 0.688. The van der Waals surface area contributed by atoms with E-state index in [2.05, 4.69) is 9.97 Å².